The van der Waals surface area contributed by atoms with Crippen LogP contribution < -0.4 is 0 Å². The van der Waals surface area contributed by atoms with Crippen LogP contribution in [-0.4, -0.2) is 35.5 Å². The molecule has 7 nitrogen and oxygen atoms in total. The van der Waals surface area contributed by atoms with E-state index in [4.69, 9.17) is 32.8 Å². The van der Waals surface area contributed by atoms with Crippen LogP contribution in [0.5, 0.6) is 0 Å². The molecule has 8 heteroatoms. The third kappa shape index (κ3) is 9.78. The lowest BCUT2D eigenvalue weighted by atomic mass is 10.2. The monoisotopic (exact) mass is 312 g/mol. The van der Waals surface area contributed by atoms with Gasteiger partial charge in [-0.1, -0.05) is 26.2 Å². The molecule has 0 fully saturated rings. The van der Waals surface area contributed by atoms with E-state index in [9.17, 15) is 0 Å². The standard InChI is InChI=1S/C12H28O7Si/c1-5-9-10-11-12-16-20(17-13-6-2,18-14-7-3)19-15-8-4/h5-12H2,1-4H3. The summed E-state index contributed by atoms with van der Waals surface area (Å²) in [5.74, 6) is 0. The Balaban J connectivity index is 4.34. The molecule has 0 aromatic carbocycles. The average Bonchev–Trinajstić information content (AvgIpc) is 2.48. The summed E-state index contributed by atoms with van der Waals surface area (Å²) < 4.78 is 20.9. The predicted molar refractivity (Wildman–Crippen MR) is 74.0 cm³/mol. The van der Waals surface area contributed by atoms with Crippen molar-refractivity contribution < 1.29 is 32.8 Å². The predicted octanol–water partition coefficient (Wildman–Crippen LogP) is 2.92. The quantitative estimate of drug-likeness (QED) is 0.199. The normalized spacial score (nSPS) is 12.0. The van der Waals surface area contributed by atoms with Crippen LogP contribution in [0.15, 0.2) is 0 Å². The van der Waals surface area contributed by atoms with Crippen LogP contribution in [0.1, 0.15) is 53.4 Å². The van der Waals surface area contributed by atoms with Crippen molar-refractivity contribution in [2.24, 2.45) is 0 Å². The third-order valence-electron chi connectivity index (χ3n) is 2.11. The second-order valence-corrected chi connectivity index (χ2v) is 5.67. The van der Waals surface area contributed by atoms with Crippen molar-refractivity contribution in [1.29, 1.82) is 0 Å². The van der Waals surface area contributed by atoms with E-state index in [1.54, 1.807) is 20.8 Å². The second-order valence-electron chi connectivity index (χ2n) is 3.88. The summed E-state index contributed by atoms with van der Waals surface area (Å²) in [6, 6.07) is 0. The maximum Gasteiger partial charge on any atom is 0.764 e. The molecule has 0 N–H and O–H groups in total. The molecular formula is C12H28O7Si. The molecule has 122 valence electrons. The molecule has 0 saturated carbocycles. The van der Waals surface area contributed by atoms with Crippen molar-refractivity contribution in [1.82, 2.24) is 0 Å². The molecule has 0 saturated heterocycles. The van der Waals surface area contributed by atoms with Gasteiger partial charge in [0.15, 0.2) is 0 Å². The molecule has 0 atom stereocenters. The molecule has 0 unspecified atom stereocenters. The zero-order valence-electron chi connectivity index (χ0n) is 13.0. The van der Waals surface area contributed by atoms with Gasteiger partial charge >= 0.3 is 9.05 Å². The van der Waals surface area contributed by atoms with Gasteiger partial charge in [-0.2, -0.15) is 13.7 Å². The first-order valence-electron chi connectivity index (χ1n) is 7.30. The number of unbranched alkanes of at least 4 members (excludes halogenated alkanes) is 3. The van der Waals surface area contributed by atoms with Gasteiger partial charge in [-0.3, -0.25) is 0 Å². The van der Waals surface area contributed by atoms with Crippen LogP contribution in [0, 0.1) is 0 Å². The first-order valence-corrected chi connectivity index (χ1v) is 8.93. The first-order chi connectivity index (χ1) is 9.74. The minimum atomic E-state index is -3.59. The fourth-order valence-electron chi connectivity index (χ4n) is 1.23. The summed E-state index contributed by atoms with van der Waals surface area (Å²) in [6.07, 6.45) is 4.26. The third-order valence-corrected chi connectivity index (χ3v) is 3.64. The highest BCUT2D eigenvalue weighted by atomic mass is 28.4. The van der Waals surface area contributed by atoms with Crippen LogP contribution in [0.2, 0.25) is 0 Å². The minimum absolute atomic E-state index is 0.332. The Morgan fingerprint density at radius 2 is 1.15 bits per heavy atom. The van der Waals surface area contributed by atoms with E-state index >= 15 is 0 Å². The first kappa shape index (κ1) is 19.9. The van der Waals surface area contributed by atoms with E-state index in [0.717, 1.165) is 25.7 Å². The van der Waals surface area contributed by atoms with E-state index < -0.39 is 9.05 Å². The summed E-state index contributed by atoms with van der Waals surface area (Å²) in [5, 5.41) is 0. The molecule has 0 amide bonds. The van der Waals surface area contributed by atoms with Gasteiger partial charge in [0.25, 0.3) is 0 Å². The van der Waals surface area contributed by atoms with Gasteiger partial charge in [-0.05, 0) is 27.2 Å². The lowest BCUT2D eigenvalue weighted by Gasteiger charge is -2.23. The molecule has 0 bridgehead atoms. The Bertz CT molecular complexity index is 184. The Morgan fingerprint density at radius 1 is 0.650 bits per heavy atom. The smallest absolute Gasteiger partial charge is 0.347 e. The topological polar surface area (TPSA) is 64.6 Å². The van der Waals surface area contributed by atoms with E-state index in [-0.39, 0.29) is 0 Å². The fraction of sp³-hybridized carbons (Fsp3) is 1.00. The molecule has 0 rings (SSSR count). The Morgan fingerprint density at radius 3 is 1.55 bits per heavy atom. The molecule has 0 spiro atoms. The molecule has 0 aromatic heterocycles. The van der Waals surface area contributed by atoms with Crippen LogP contribution in [0.25, 0.3) is 0 Å². The van der Waals surface area contributed by atoms with Gasteiger partial charge in [0.1, 0.15) is 0 Å². The molecular weight excluding hydrogens is 284 g/mol. The Kier molecular flexibility index (Phi) is 13.9. The Labute approximate surface area is 122 Å². The van der Waals surface area contributed by atoms with E-state index in [0.29, 0.717) is 26.4 Å². The van der Waals surface area contributed by atoms with Crippen LogP contribution in [0.3, 0.4) is 0 Å². The van der Waals surface area contributed by atoms with Gasteiger partial charge in [0.05, 0.1) is 19.8 Å². The zero-order valence-corrected chi connectivity index (χ0v) is 14.0. The Hall–Kier alpha value is -0.0631. The van der Waals surface area contributed by atoms with Crippen LogP contribution >= 0.6 is 0 Å². The van der Waals surface area contributed by atoms with Crippen LogP contribution in [-0.2, 0) is 32.8 Å². The fourth-order valence-corrected chi connectivity index (χ4v) is 2.64. The number of hydrogen-bond donors (Lipinski definition) is 0. The lowest BCUT2D eigenvalue weighted by Crippen LogP contribution is -2.49. The molecule has 0 aliphatic carbocycles. The van der Waals surface area contributed by atoms with Crippen molar-refractivity contribution in [2.45, 2.75) is 53.4 Å². The van der Waals surface area contributed by atoms with Gasteiger partial charge in [0.2, 0.25) is 0 Å². The van der Waals surface area contributed by atoms with Gasteiger partial charge in [-0.15, -0.1) is 0 Å². The van der Waals surface area contributed by atoms with Crippen molar-refractivity contribution in [3.05, 3.63) is 0 Å². The van der Waals surface area contributed by atoms with Gasteiger partial charge in [0, 0.05) is 6.61 Å². The lowest BCUT2D eigenvalue weighted by molar-refractivity contribution is -0.385. The SMILES string of the molecule is CCCCCCO[Si](OOCC)(OOCC)OOCC. The van der Waals surface area contributed by atoms with E-state index in [1.165, 1.54) is 0 Å². The van der Waals surface area contributed by atoms with Crippen molar-refractivity contribution in [3.8, 4) is 0 Å². The van der Waals surface area contributed by atoms with Crippen molar-refractivity contribution in [2.75, 3.05) is 26.4 Å². The molecule has 0 aliphatic rings. The van der Waals surface area contributed by atoms with E-state index in [2.05, 4.69) is 6.92 Å². The zero-order chi connectivity index (χ0) is 15.1. The number of rotatable bonds is 15. The van der Waals surface area contributed by atoms with Crippen molar-refractivity contribution in [3.63, 3.8) is 0 Å². The van der Waals surface area contributed by atoms with Crippen LogP contribution in [0.4, 0.5) is 0 Å². The highest BCUT2D eigenvalue weighted by Gasteiger charge is 2.52. The summed E-state index contributed by atoms with van der Waals surface area (Å²) in [7, 11) is -3.59. The van der Waals surface area contributed by atoms with Gasteiger partial charge in [-0.25, -0.2) is 14.7 Å². The average molecular weight is 312 g/mol. The second kappa shape index (κ2) is 13.9. The summed E-state index contributed by atoms with van der Waals surface area (Å²) >= 11 is 0. The highest BCUT2D eigenvalue weighted by molar-refractivity contribution is 6.52. The molecule has 0 aliphatic heterocycles. The maximum atomic E-state index is 5.58. The highest BCUT2D eigenvalue weighted by Crippen LogP contribution is 2.15. The maximum absolute atomic E-state index is 5.58. The molecule has 0 heterocycles. The molecule has 0 aromatic rings. The largest absolute Gasteiger partial charge is 0.764 e. The van der Waals surface area contributed by atoms with Gasteiger partial charge < -0.3 is 4.43 Å². The number of hydrogen-bond acceptors (Lipinski definition) is 7. The van der Waals surface area contributed by atoms with E-state index in [1.807, 2.05) is 0 Å². The van der Waals surface area contributed by atoms with Crippen molar-refractivity contribution >= 4 is 9.05 Å². The summed E-state index contributed by atoms with van der Waals surface area (Å²) in [5.41, 5.74) is 0. The molecule has 20 heavy (non-hydrogen) atoms. The minimum Gasteiger partial charge on any atom is -0.347 e. The summed E-state index contributed by atoms with van der Waals surface area (Å²) in [4.78, 5) is 14.7. The molecule has 0 radical (unpaired) electrons. The summed E-state index contributed by atoms with van der Waals surface area (Å²) in [6.45, 7) is 8.91.